The summed E-state index contributed by atoms with van der Waals surface area (Å²) in [5.41, 5.74) is 3.36. The van der Waals surface area contributed by atoms with Gasteiger partial charge in [-0.1, -0.05) is 0 Å². The topological polar surface area (TPSA) is 82.8 Å². The molecule has 1 aromatic heterocycles. The van der Waals surface area contributed by atoms with Gasteiger partial charge in [0.2, 0.25) is 0 Å². The van der Waals surface area contributed by atoms with Gasteiger partial charge < -0.3 is 5.32 Å². The molecular formula is C12H11N3O2S3. The third-order valence-electron chi connectivity index (χ3n) is 2.47. The van der Waals surface area contributed by atoms with Crippen molar-refractivity contribution >= 4 is 48.8 Å². The Kier molecular flexibility index (Phi) is 4.32. The number of thioether (sulfide) groups is 1. The predicted molar refractivity (Wildman–Crippen MR) is 84.2 cm³/mol. The van der Waals surface area contributed by atoms with Crippen LogP contribution in [0.5, 0.6) is 0 Å². The van der Waals surface area contributed by atoms with Gasteiger partial charge in [-0.25, -0.2) is 13.4 Å². The lowest BCUT2D eigenvalue weighted by Gasteiger charge is -2.10. The number of nitriles is 1. The van der Waals surface area contributed by atoms with Gasteiger partial charge in [-0.15, -0.1) is 23.1 Å². The van der Waals surface area contributed by atoms with Gasteiger partial charge in [-0.05, 0) is 24.5 Å². The maximum atomic E-state index is 11.6. The van der Waals surface area contributed by atoms with Gasteiger partial charge in [0, 0.05) is 11.9 Å². The number of benzene rings is 1. The van der Waals surface area contributed by atoms with Crippen molar-refractivity contribution in [1.82, 2.24) is 4.98 Å². The van der Waals surface area contributed by atoms with Crippen molar-refractivity contribution in [2.75, 3.05) is 17.8 Å². The molecule has 0 aliphatic heterocycles. The average molecular weight is 325 g/mol. The van der Waals surface area contributed by atoms with Crippen LogP contribution < -0.4 is 5.32 Å². The second-order valence-electron chi connectivity index (χ2n) is 3.91. The molecule has 0 atom stereocenters. The maximum absolute atomic E-state index is 11.6. The number of allylic oxidation sites excluding steroid dienone is 1. The number of thiazole rings is 1. The van der Waals surface area contributed by atoms with Crippen molar-refractivity contribution < 1.29 is 8.42 Å². The van der Waals surface area contributed by atoms with Crippen LogP contribution in [-0.4, -0.2) is 25.9 Å². The van der Waals surface area contributed by atoms with Crippen LogP contribution in [0.15, 0.2) is 33.6 Å². The minimum atomic E-state index is -3.55. The van der Waals surface area contributed by atoms with E-state index in [0.717, 1.165) is 22.2 Å². The molecule has 20 heavy (non-hydrogen) atoms. The second-order valence-corrected chi connectivity index (χ2v) is 7.56. The number of aromatic nitrogens is 1. The standard InChI is InChI=1S/C12H11N3O2S3/c1-18-12(11(6-13)20(2,16)17)15-8-3-4-9-10(5-8)19-7-14-9/h3-5,7,15H,1-2H3/b12-11+. The van der Waals surface area contributed by atoms with Crippen molar-refractivity contribution in [3.05, 3.63) is 33.6 Å². The molecule has 5 nitrogen and oxygen atoms in total. The van der Waals surface area contributed by atoms with Gasteiger partial charge in [0.25, 0.3) is 0 Å². The number of sulfone groups is 1. The first-order valence-corrected chi connectivity index (χ1v) is 9.44. The Morgan fingerprint density at radius 3 is 2.85 bits per heavy atom. The van der Waals surface area contributed by atoms with Crippen molar-refractivity contribution in [3.8, 4) is 6.07 Å². The minimum Gasteiger partial charge on any atom is -0.349 e. The van der Waals surface area contributed by atoms with Crippen molar-refractivity contribution in [1.29, 1.82) is 5.26 Å². The number of hydrogen-bond acceptors (Lipinski definition) is 7. The molecular weight excluding hydrogens is 314 g/mol. The van der Waals surface area contributed by atoms with Crippen LogP contribution in [0, 0.1) is 11.3 Å². The molecule has 0 aliphatic rings. The summed E-state index contributed by atoms with van der Waals surface area (Å²) >= 11 is 2.69. The third kappa shape index (κ3) is 3.12. The summed E-state index contributed by atoms with van der Waals surface area (Å²) in [6, 6.07) is 7.27. The van der Waals surface area contributed by atoms with Gasteiger partial charge in [0.05, 0.1) is 15.7 Å². The molecule has 104 valence electrons. The van der Waals surface area contributed by atoms with E-state index in [0.29, 0.717) is 5.03 Å². The highest BCUT2D eigenvalue weighted by molar-refractivity contribution is 8.04. The molecule has 0 unspecified atom stereocenters. The first-order chi connectivity index (χ1) is 9.45. The lowest BCUT2D eigenvalue weighted by Crippen LogP contribution is -2.07. The molecule has 0 fully saturated rings. The Morgan fingerprint density at radius 1 is 1.50 bits per heavy atom. The zero-order chi connectivity index (χ0) is 14.8. The summed E-state index contributed by atoms with van der Waals surface area (Å²) in [4.78, 5) is 3.92. The van der Waals surface area contributed by atoms with E-state index in [-0.39, 0.29) is 4.91 Å². The number of nitrogens with one attached hydrogen (secondary N) is 1. The summed E-state index contributed by atoms with van der Waals surface area (Å²) in [5, 5.41) is 12.3. The monoisotopic (exact) mass is 325 g/mol. The van der Waals surface area contributed by atoms with E-state index in [1.165, 1.54) is 23.1 Å². The average Bonchev–Trinajstić information content (AvgIpc) is 2.84. The Hall–Kier alpha value is -1.56. The summed E-state index contributed by atoms with van der Waals surface area (Å²) in [6.45, 7) is 0. The van der Waals surface area contributed by atoms with Gasteiger partial charge in [-0.2, -0.15) is 5.26 Å². The van der Waals surface area contributed by atoms with E-state index >= 15 is 0 Å². The summed E-state index contributed by atoms with van der Waals surface area (Å²) in [7, 11) is -3.55. The van der Waals surface area contributed by atoms with Crippen LogP contribution >= 0.6 is 23.1 Å². The molecule has 0 radical (unpaired) electrons. The first-order valence-electron chi connectivity index (χ1n) is 5.44. The largest absolute Gasteiger partial charge is 0.349 e. The lowest BCUT2D eigenvalue weighted by molar-refractivity contribution is 0.608. The van der Waals surface area contributed by atoms with E-state index in [1.807, 2.05) is 12.1 Å². The third-order valence-corrected chi connectivity index (χ3v) is 5.14. The van der Waals surface area contributed by atoms with Gasteiger partial charge >= 0.3 is 0 Å². The minimum absolute atomic E-state index is 0.255. The van der Waals surface area contributed by atoms with Gasteiger partial charge in [-0.3, -0.25) is 0 Å². The smallest absolute Gasteiger partial charge is 0.188 e. The van der Waals surface area contributed by atoms with Crippen LogP contribution in [0.1, 0.15) is 0 Å². The molecule has 2 aromatic rings. The van der Waals surface area contributed by atoms with E-state index in [4.69, 9.17) is 5.26 Å². The Bertz CT molecular complexity index is 816. The first kappa shape index (κ1) is 14.8. The number of nitrogens with zero attached hydrogens (tertiary/aromatic N) is 2. The van der Waals surface area contributed by atoms with Gasteiger partial charge in [0.1, 0.15) is 11.1 Å². The molecule has 0 amide bonds. The van der Waals surface area contributed by atoms with Gasteiger partial charge in [0.15, 0.2) is 14.7 Å². The molecule has 1 N–H and O–H groups in total. The Morgan fingerprint density at radius 2 is 2.25 bits per heavy atom. The summed E-state index contributed by atoms with van der Waals surface area (Å²) in [5.74, 6) is 0. The summed E-state index contributed by atoms with van der Waals surface area (Å²) in [6.07, 6.45) is 2.74. The molecule has 1 aromatic carbocycles. The zero-order valence-corrected chi connectivity index (χ0v) is 13.2. The highest BCUT2D eigenvalue weighted by atomic mass is 32.2. The van der Waals surface area contributed by atoms with E-state index < -0.39 is 9.84 Å². The zero-order valence-electron chi connectivity index (χ0n) is 10.7. The fourth-order valence-corrected chi connectivity index (χ4v) is 3.99. The lowest BCUT2D eigenvalue weighted by atomic mass is 10.3. The summed E-state index contributed by atoms with van der Waals surface area (Å²) < 4.78 is 24.2. The fourth-order valence-electron chi connectivity index (χ4n) is 1.57. The SMILES string of the molecule is CS/C(Nc1ccc2ncsc2c1)=C(\C#N)S(C)(=O)=O. The number of rotatable bonds is 4. The second kappa shape index (κ2) is 5.83. The Balaban J connectivity index is 2.44. The highest BCUT2D eigenvalue weighted by Gasteiger charge is 2.17. The normalized spacial score (nSPS) is 12.8. The van der Waals surface area contributed by atoms with Crippen LogP contribution in [0.3, 0.4) is 0 Å². The molecule has 0 spiro atoms. The van der Waals surface area contributed by atoms with Crippen molar-refractivity contribution in [2.45, 2.75) is 0 Å². The maximum Gasteiger partial charge on any atom is 0.188 e. The molecule has 0 saturated carbocycles. The van der Waals surface area contributed by atoms with E-state index in [2.05, 4.69) is 10.3 Å². The number of fused-ring (bicyclic) bond motifs is 1. The number of anilines is 1. The van der Waals surface area contributed by atoms with E-state index in [1.54, 1.807) is 23.9 Å². The van der Waals surface area contributed by atoms with Crippen LogP contribution in [0.25, 0.3) is 10.2 Å². The molecule has 2 rings (SSSR count). The molecule has 8 heteroatoms. The molecule has 0 bridgehead atoms. The van der Waals surface area contributed by atoms with E-state index in [9.17, 15) is 8.42 Å². The van der Waals surface area contributed by atoms with Crippen LogP contribution in [0.4, 0.5) is 5.69 Å². The molecule has 0 aliphatic carbocycles. The molecule has 1 heterocycles. The quantitative estimate of drug-likeness (QED) is 0.870. The molecule has 0 saturated heterocycles. The van der Waals surface area contributed by atoms with Crippen LogP contribution in [-0.2, 0) is 9.84 Å². The Labute approximate surface area is 125 Å². The predicted octanol–water partition coefficient (Wildman–Crippen LogP) is 2.81. The van der Waals surface area contributed by atoms with Crippen LogP contribution in [0.2, 0.25) is 0 Å². The van der Waals surface area contributed by atoms with Crippen molar-refractivity contribution in [3.63, 3.8) is 0 Å². The van der Waals surface area contributed by atoms with Crippen molar-refractivity contribution in [2.24, 2.45) is 0 Å². The highest BCUT2D eigenvalue weighted by Crippen LogP contribution is 2.26. The number of hydrogen-bond donors (Lipinski definition) is 1. The fraction of sp³-hybridized carbons (Fsp3) is 0.167.